The van der Waals surface area contributed by atoms with Gasteiger partial charge in [-0.2, -0.15) is 0 Å². The third kappa shape index (κ3) is 3.65. The Bertz CT molecular complexity index is 481. The molecule has 1 N–H and O–H groups in total. The Labute approximate surface area is 98.7 Å². The van der Waals surface area contributed by atoms with Crippen LogP contribution in [0.3, 0.4) is 0 Å². The third-order valence-electron chi connectivity index (χ3n) is 1.81. The molecule has 0 spiro atoms. The molecular weight excluding hydrogens is 257 g/mol. The van der Waals surface area contributed by atoms with Gasteiger partial charge in [0.1, 0.15) is 5.75 Å². The van der Waals surface area contributed by atoms with Gasteiger partial charge < -0.3 is 14.6 Å². The summed E-state index contributed by atoms with van der Waals surface area (Å²) < 4.78 is 43.9. The van der Waals surface area contributed by atoms with E-state index in [1.807, 2.05) is 0 Å². The van der Waals surface area contributed by atoms with Crippen LogP contribution in [0.25, 0.3) is 0 Å². The van der Waals surface area contributed by atoms with Gasteiger partial charge in [0.2, 0.25) is 0 Å². The Kier molecular flexibility index (Phi) is 3.79. The number of carboxylic acids is 1. The second-order valence-electron chi connectivity index (χ2n) is 3.09. The van der Waals surface area contributed by atoms with Crippen molar-refractivity contribution in [3.05, 3.63) is 29.3 Å². The quantitative estimate of drug-likeness (QED) is 0.846. The lowest BCUT2D eigenvalue weighted by atomic mass is 10.1. The number of ether oxygens (including phenoxy) is 2. The van der Waals surface area contributed by atoms with Gasteiger partial charge in [-0.1, -0.05) is 0 Å². The van der Waals surface area contributed by atoms with Crippen molar-refractivity contribution in [2.24, 2.45) is 0 Å². The second kappa shape index (κ2) is 4.94. The Morgan fingerprint density at radius 3 is 2.17 bits per heavy atom. The number of carbonyl (C=O) groups excluding carboxylic acids is 1. The molecule has 0 fully saturated rings. The minimum absolute atomic E-state index is 0.350. The molecule has 0 aliphatic heterocycles. The first kappa shape index (κ1) is 13.8. The molecule has 1 aromatic rings. The summed E-state index contributed by atoms with van der Waals surface area (Å²) in [6.45, 7) is 0. The van der Waals surface area contributed by atoms with Gasteiger partial charge in [-0.15, -0.1) is 13.2 Å². The van der Waals surface area contributed by atoms with Gasteiger partial charge in [-0.05, 0) is 18.2 Å². The number of hydrogen-bond acceptors (Lipinski definition) is 4. The lowest BCUT2D eigenvalue weighted by Gasteiger charge is -2.10. The van der Waals surface area contributed by atoms with E-state index in [0.717, 1.165) is 19.2 Å². The van der Waals surface area contributed by atoms with Crippen molar-refractivity contribution in [2.45, 2.75) is 6.36 Å². The number of methoxy groups -OCH3 is 1. The molecule has 0 amide bonds. The number of carbonyl (C=O) groups is 2. The molecule has 0 atom stereocenters. The summed E-state index contributed by atoms with van der Waals surface area (Å²) in [5.41, 5.74) is -0.867. The standard InChI is InChI=1S/C10H7F3O5/c1-17-9(16)6-2-5(8(14)15)3-7(4-6)18-10(11,12)13/h2-4H,1H3,(H,14,15). The van der Waals surface area contributed by atoms with Gasteiger partial charge in [-0.25, -0.2) is 9.59 Å². The zero-order chi connectivity index (χ0) is 13.9. The summed E-state index contributed by atoms with van der Waals surface area (Å²) >= 11 is 0. The Hall–Kier alpha value is -2.25. The van der Waals surface area contributed by atoms with Gasteiger partial charge >= 0.3 is 18.3 Å². The van der Waals surface area contributed by atoms with E-state index in [1.165, 1.54) is 0 Å². The molecule has 0 aliphatic carbocycles. The van der Waals surface area contributed by atoms with Crippen LogP contribution in [0.2, 0.25) is 0 Å². The van der Waals surface area contributed by atoms with Crippen molar-refractivity contribution >= 4 is 11.9 Å². The van der Waals surface area contributed by atoms with E-state index >= 15 is 0 Å². The molecule has 0 heterocycles. The molecule has 8 heteroatoms. The number of halogens is 3. The van der Waals surface area contributed by atoms with Crippen LogP contribution in [0.1, 0.15) is 20.7 Å². The fourth-order valence-electron chi connectivity index (χ4n) is 1.15. The smallest absolute Gasteiger partial charge is 0.478 e. The fraction of sp³-hybridized carbons (Fsp3) is 0.200. The zero-order valence-electron chi connectivity index (χ0n) is 8.95. The first-order chi connectivity index (χ1) is 8.23. The molecule has 1 aromatic carbocycles. The maximum Gasteiger partial charge on any atom is 0.573 e. The topological polar surface area (TPSA) is 72.8 Å². The highest BCUT2D eigenvalue weighted by molar-refractivity contribution is 5.95. The second-order valence-corrected chi connectivity index (χ2v) is 3.09. The molecule has 0 aromatic heterocycles. The van der Waals surface area contributed by atoms with Crippen molar-refractivity contribution in [1.29, 1.82) is 0 Å². The van der Waals surface area contributed by atoms with Crippen molar-refractivity contribution in [1.82, 2.24) is 0 Å². The molecule has 18 heavy (non-hydrogen) atoms. The summed E-state index contributed by atoms with van der Waals surface area (Å²) in [6, 6.07) is 2.28. The molecule has 0 aliphatic rings. The highest BCUT2D eigenvalue weighted by atomic mass is 19.4. The molecule has 0 unspecified atom stereocenters. The van der Waals surface area contributed by atoms with E-state index in [1.54, 1.807) is 0 Å². The molecule has 0 radical (unpaired) electrons. The van der Waals surface area contributed by atoms with Crippen LogP contribution >= 0.6 is 0 Å². The average molecular weight is 264 g/mol. The van der Waals surface area contributed by atoms with E-state index in [-0.39, 0.29) is 5.56 Å². The van der Waals surface area contributed by atoms with Crippen LogP contribution in [0, 0.1) is 0 Å². The number of carboxylic acid groups (broad SMARTS) is 1. The van der Waals surface area contributed by atoms with E-state index in [4.69, 9.17) is 5.11 Å². The summed E-state index contributed by atoms with van der Waals surface area (Å²) in [5.74, 6) is -3.26. The molecule has 98 valence electrons. The third-order valence-corrected chi connectivity index (χ3v) is 1.81. The minimum atomic E-state index is -4.98. The lowest BCUT2D eigenvalue weighted by molar-refractivity contribution is -0.274. The first-order valence-electron chi connectivity index (χ1n) is 4.45. The van der Waals surface area contributed by atoms with E-state index in [2.05, 4.69) is 9.47 Å². The van der Waals surface area contributed by atoms with Crippen molar-refractivity contribution < 1.29 is 37.3 Å². The summed E-state index contributed by atoms with van der Waals surface area (Å²) in [6.07, 6.45) is -4.98. The van der Waals surface area contributed by atoms with Crippen LogP contribution in [0.4, 0.5) is 13.2 Å². The summed E-state index contributed by atoms with van der Waals surface area (Å²) in [7, 11) is 1.01. The first-order valence-corrected chi connectivity index (χ1v) is 4.45. The minimum Gasteiger partial charge on any atom is -0.478 e. The van der Waals surface area contributed by atoms with E-state index in [9.17, 15) is 22.8 Å². The molecule has 1 rings (SSSR count). The molecular formula is C10H7F3O5. The largest absolute Gasteiger partial charge is 0.573 e. The van der Waals surface area contributed by atoms with Crippen LogP contribution in [-0.2, 0) is 4.74 Å². The number of rotatable bonds is 3. The number of esters is 1. The predicted molar refractivity (Wildman–Crippen MR) is 51.4 cm³/mol. The van der Waals surface area contributed by atoms with Gasteiger partial charge in [0.15, 0.2) is 0 Å². The summed E-state index contributed by atoms with van der Waals surface area (Å²) in [4.78, 5) is 21.8. The number of benzene rings is 1. The van der Waals surface area contributed by atoms with Gasteiger partial charge in [-0.3, -0.25) is 0 Å². The van der Waals surface area contributed by atoms with Crippen LogP contribution < -0.4 is 4.74 Å². The van der Waals surface area contributed by atoms with Crippen molar-refractivity contribution in [3.63, 3.8) is 0 Å². The Balaban J connectivity index is 3.22. The molecule has 0 saturated heterocycles. The fourth-order valence-corrected chi connectivity index (χ4v) is 1.15. The van der Waals surface area contributed by atoms with Crippen LogP contribution in [0.5, 0.6) is 5.75 Å². The Morgan fingerprint density at radius 2 is 1.72 bits per heavy atom. The maximum absolute atomic E-state index is 12.0. The number of alkyl halides is 3. The normalized spacial score (nSPS) is 10.9. The summed E-state index contributed by atoms with van der Waals surface area (Å²) in [5, 5.41) is 8.70. The van der Waals surface area contributed by atoms with Crippen LogP contribution in [0.15, 0.2) is 18.2 Å². The highest BCUT2D eigenvalue weighted by Crippen LogP contribution is 2.25. The number of hydrogen-bond donors (Lipinski definition) is 1. The van der Waals surface area contributed by atoms with Gasteiger partial charge in [0.25, 0.3) is 0 Å². The van der Waals surface area contributed by atoms with E-state index < -0.39 is 29.6 Å². The zero-order valence-corrected chi connectivity index (χ0v) is 8.95. The SMILES string of the molecule is COC(=O)c1cc(OC(F)(F)F)cc(C(=O)O)c1. The van der Waals surface area contributed by atoms with Crippen LogP contribution in [-0.4, -0.2) is 30.5 Å². The van der Waals surface area contributed by atoms with Gasteiger partial charge in [0, 0.05) is 0 Å². The average Bonchev–Trinajstić information content (AvgIpc) is 2.25. The van der Waals surface area contributed by atoms with Gasteiger partial charge in [0.05, 0.1) is 18.2 Å². The maximum atomic E-state index is 12.0. The van der Waals surface area contributed by atoms with Crippen molar-refractivity contribution in [3.8, 4) is 5.75 Å². The van der Waals surface area contributed by atoms with Crippen molar-refractivity contribution in [2.75, 3.05) is 7.11 Å². The highest BCUT2D eigenvalue weighted by Gasteiger charge is 2.31. The monoisotopic (exact) mass is 264 g/mol. The number of aromatic carboxylic acids is 1. The van der Waals surface area contributed by atoms with E-state index in [0.29, 0.717) is 6.07 Å². The molecule has 5 nitrogen and oxygen atoms in total. The Morgan fingerprint density at radius 1 is 1.17 bits per heavy atom. The molecule has 0 bridgehead atoms. The lowest BCUT2D eigenvalue weighted by Crippen LogP contribution is -2.18. The predicted octanol–water partition coefficient (Wildman–Crippen LogP) is 2.07. The molecule has 0 saturated carbocycles.